The summed E-state index contributed by atoms with van der Waals surface area (Å²) < 4.78 is 22.5. The van der Waals surface area contributed by atoms with Crippen molar-refractivity contribution in [1.82, 2.24) is 4.90 Å². The monoisotopic (exact) mass is 399 g/mol. The van der Waals surface area contributed by atoms with E-state index in [1.165, 1.54) is 4.90 Å². The van der Waals surface area contributed by atoms with Gasteiger partial charge in [-0.1, -0.05) is 12.8 Å². The third-order valence-corrected chi connectivity index (χ3v) is 5.18. The van der Waals surface area contributed by atoms with Crippen LogP contribution in [0, 0.1) is 0 Å². The molecule has 1 amide bonds. The Morgan fingerprint density at radius 2 is 1.61 bits per heavy atom. The molecule has 0 N–H and O–H groups in total. The summed E-state index contributed by atoms with van der Waals surface area (Å²) in [6.45, 7) is 15.5. The maximum Gasteiger partial charge on any atom is 0.457 e. The minimum absolute atomic E-state index is 0.255. The molecule has 8 heteroatoms. The van der Waals surface area contributed by atoms with Gasteiger partial charge in [0.15, 0.2) is 0 Å². The highest BCUT2D eigenvalue weighted by atomic mass is 16.7. The van der Waals surface area contributed by atoms with E-state index in [4.69, 9.17) is 18.8 Å². The van der Waals surface area contributed by atoms with Gasteiger partial charge in [-0.2, -0.15) is 0 Å². The second kappa shape index (κ2) is 9.48. The Balaban J connectivity index is 2.59. The maximum absolute atomic E-state index is 12.4. The van der Waals surface area contributed by atoms with E-state index in [0.717, 1.165) is 19.2 Å². The van der Waals surface area contributed by atoms with E-state index in [1.54, 1.807) is 34.7 Å². The molecule has 0 saturated carbocycles. The molecule has 0 aromatic heterocycles. The zero-order valence-corrected chi connectivity index (χ0v) is 19.1. The summed E-state index contributed by atoms with van der Waals surface area (Å²) in [6, 6.07) is -0.673. The fourth-order valence-corrected chi connectivity index (χ4v) is 2.90. The molecule has 0 bridgehead atoms. The number of hydrogen-bond donors (Lipinski definition) is 0. The topological polar surface area (TPSA) is 74.3 Å². The van der Waals surface area contributed by atoms with Crippen LogP contribution < -0.4 is 0 Å². The van der Waals surface area contributed by atoms with Crippen LogP contribution in [0.3, 0.4) is 0 Å². The fraction of sp³-hybridized carbons (Fsp3) is 0.900. The molecule has 0 aliphatic carbocycles. The lowest BCUT2D eigenvalue weighted by molar-refractivity contribution is -0.149. The zero-order valence-electron chi connectivity index (χ0n) is 19.1. The van der Waals surface area contributed by atoms with Crippen molar-refractivity contribution in [2.75, 3.05) is 13.7 Å². The Morgan fingerprint density at radius 1 is 1.07 bits per heavy atom. The summed E-state index contributed by atoms with van der Waals surface area (Å²) in [5.74, 6) is -0.411. The van der Waals surface area contributed by atoms with Gasteiger partial charge in [0.25, 0.3) is 0 Å². The number of esters is 1. The smallest absolute Gasteiger partial charge is 0.457 e. The van der Waals surface area contributed by atoms with Crippen molar-refractivity contribution >= 4 is 19.2 Å². The van der Waals surface area contributed by atoms with Gasteiger partial charge in [-0.05, 0) is 68.1 Å². The maximum atomic E-state index is 12.4. The second-order valence-corrected chi connectivity index (χ2v) is 9.33. The number of carbonyl (C=O) groups is 2. The number of nitrogens with zero attached hydrogens (tertiary/aromatic N) is 1. The minimum atomic E-state index is -0.673. The number of rotatable bonds is 8. The van der Waals surface area contributed by atoms with E-state index in [9.17, 15) is 9.59 Å². The number of unbranched alkanes of at least 4 members (excludes halogenated alkanes) is 1. The number of amides is 1. The van der Waals surface area contributed by atoms with Gasteiger partial charge in [-0.15, -0.1) is 0 Å². The second-order valence-electron chi connectivity index (χ2n) is 9.33. The predicted molar refractivity (Wildman–Crippen MR) is 109 cm³/mol. The van der Waals surface area contributed by atoms with Gasteiger partial charge in [-0.25, -0.2) is 9.59 Å². The van der Waals surface area contributed by atoms with E-state index < -0.39 is 23.7 Å². The van der Waals surface area contributed by atoms with Crippen molar-refractivity contribution in [2.45, 2.75) is 104 Å². The summed E-state index contributed by atoms with van der Waals surface area (Å²) in [4.78, 5) is 26.0. The van der Waals surface area contributed by atoms with Crippen LogP contribution >= 0.6 is 0 Å². The van der Waals surface area contributed by atoms with Crippen LogP contribution in [0.5, 0.6) is 0 Å². The lowest BCUT2D eigenvalue weighted by Crippen LogP contribution is -2.45. The van der Waals surface area contributed by atoms with Crippen LogP contribution in [-0.4, -0.2) is 60.6 Å². The van der Waals surface area contributed by atoms with Crippen LogP contribution in [0.15, 0.2) is 0 Å². The molecule has 28 heavy (non-hydrogen) atoms. The van der Waals surface area contributed by atoms with E-state index in [1.807, 2.05) is 27.7 Å². The molecule has 0 aromatic carbocycles. The molecule has 1 rings (SSSR count). The van der Waals surface area contributed by atoms with Crippen LogP contribution in [0.4, 0.5) is 4.79 Å². The van der Waals surface area contributed by atoms with E-state index in [2.05, 4.69) is 0 Å². The highest BCUT2D eigenvalue weighted by Gasteiger charge is 2.50. The van der Waals surface area contributed by atoms with Gasteiger partial charge in [0.2, 0.25) is 0 Å². The van der Waals surface area contributed by atoms with E-state index in [-0.39, 0.29) is 24.9 Å². The Hall–Kier alpha value is -1.28. The molecule has 1 aliphatic rings. The zero-order chi connectivity index (χ0) is 21.8. The van der Waals surface area contributed by atoms with Crippen LogP contribution in [-0.2, 0) is 23.6 Å². The first-order chi connectivity index (χ1) is 12.7. The molecule has 0 aromatic rings. The van der Waals surface area contributed by atoms with Crippen molar-refractivity contribution < 1.29 is 28.4 Å². The molecular weight excluding hydrogens is 361 g/mol. The number of carbonyl (C=O) groups excluding carboxylic acids is 2. The molecule has 1 fully saturated rings. The van der Waals surface area contributed by atoms with Crippen LogP contribution in [0.1, 0.15) is 74.7 Å². The molecule has 162 valence electrons. The van der Waals surface area contributed by atoms with Crippen molar-refractivity contribution in [2.24, 2.45) is 0 Å². The molecule has 1 atom stereocenters. The molecule has 1 unspecified atom stereocenters. The van der Waals surface area contributed by atoms with E-state index in [0.29, 0.717) is 6.42 Å². The quantitative estimate of drug-likeness (QED) is 0.348. The first-order valence-corrected chi connectivity index (χ1v) is 10.2. The third kappa shape index (κ3) is 6.96. The van der Waals surface area contributed by atoms with Crippen LogP contribution in [0.25, 0.3) is 0 Å². The standard InChI is InChI=1S/C20H38BNO6/c1-10-25-16(23)15(22(9)17(24)26-18(2,3)4)13-11-12-14-21-27-19(5,6)20(7,8)28-21/h15H,10-14H2,1-9H3. The highest BCUT2D eigenvalue weighted by molar-refractivity contribution is 6.45. The lowest BCUT2D eigenvalue weighted by atomic mass is 9.82. The predicted octanol–water partition coefficient (Wildman–Crippen LogP) is 4.05. The summed E-state index contributed by atoms with van der Waals surface area (Å²) in [5.41, 5.74) is -1.31. The van der Waals surface area contributed by atoms with Gasteiger partial charge in [0.1, 0.15) is 11.6 Å². The molecule has 1 heterocycles. The van der Waals surface area contributed by atoms with Gasteiger partial charge >= 0.3 is 19.2 Å². The number of ether oxygens (including phenoxy) is 2. The Labute approximate surface area is 170 Å². The average Bonchev–Trinajstić information content (AvgIpc) is 2.72. The first-order valence-electron chi connectivity index (χ1n) is 10.2. The van der Waals surface area contributed by atoms with Gasteiger partial charge in [0.05, 0.1) is 17.8 Å². The lowest BCUT2D eigenvalue weighted by Gasteiger charge is -2.32. The van der Waals surface area contributed by atoms with Crippen molar-refractivity contribution in [3.05, 3.63) is 0 Å². The van der Waals surface area contributed by atoms with Crippen molar-refractivity contribution in [3.63, 3.8) is 0 Å². The summed E-state index contributed by atoms with van der Waals surface area (Å²) in [6.07, 6.45) is 2.25. The molecule has 0 radical (unpaired) electrons. The first kappa shape index (κ1) is 24.8. The van der Waals surface area contributed by atoms with Crippen LogP contribution in [0.2, 0.25) is 6.32 Å². The molecule has 1 aliphatic heterocycles. The fourth-order valence-electron chi connectivity index (χ4n) is 2.90. The normalized spacial score (nSPS) is 19.2. The Morgan fingerprint density at radius 3 is 2.07 bits per heavy atom. The molecular formula is C20H38BNO6. The van der Waals surface area contributed by atoms with Crippen molar-refractivity contribution in [1.29, 1.82) is 0 Å². The highest BCUT2D eigenvalue weighted by Crippen LogP contribution is 2.38. The van der Waals surface area contributed by atoms with Crippen molar-refractivity contribution in [3.8, 4) is 0 Å². The SMILES string of the molecule is CCOC(=O)C(CCCCB1OC(C)(C)C(C)(C)O1)N(C)C(=O)OC(C)(C)C. The molecule has 7 nitrogen and oxygen atoms in total. The van der Waals surface area contributed by atoms with Gasteiger partial charge in [-0.3, -0.25) is 4.90 Å². The van der Waals surface area contributed by atoms with Gasteiger partial charge in [0, 0.05) is 7.05 Å². The largest absolute Gasteiger partial charge is 0.464 e. The summed E-state index contributed by atoms with van der Waals surface area (Å²) in [7, 11) is 1.32. The summed E-state index contributed by atoms with van der Waals surface area (Å²) in [5, 5.41) is 0. The number of likely N-dealkylation sites (N-methyl/N-ethyl adjacent to an activating group) is 1. The average molecular weight is 399 g/mol. The number of hydrogen-bond acceptors (Lipinski definition) is 6. The third-order valence-electron chi connectivity index (χ3n) is 5.18. The van der Waals surface area contributed by atoms with Gasteiger partial charge < -0.3 is 18.8 Å². The molecule has 1 saturated heterocycles. The Kier molecular flexibility index (Phi) is 8.39. The van der Waals surface area contributed by atoms with E-state index >= 15 is 0 Å². The minimum Gasteiger partial charge on any atom is -0.464 e. The Bertz CT molecular complexity index is 527. The molecule has 0 spiro atoms. The summed E-state index contributed by atoms with van der Waals surface area (Å²) >= 11 is 0.